The van der Waals surface area contributed by atoms with Gasteiger partial charge in [0.1, 0.15) is 5.75 Å². The van der Waals surface area contributed by atoms with Crippen LogP contribution >= 0.6 is 35.0 Å². The van der Waals surface area contributed by atoms with Crippen molar-refractivity contribution in [2.75, 3.05) is 17.7 Å². The van der Waals surface area contributed by atoms with Crippen molar-refractivity contribution in [2.24, 2.45) is 0 Å². The highest BCUT2D eigenvalue weighted by Crippen LogP contribution is 2.30. The molecule has 0 bridgehead atoms. The molecule has 1 aliphatic rings. The number of thioether (sulfide) groups is 1. The van der Waals surface area contributed by atoms with Gasteiger partial charge in [0.05, 0.1) is 17.5 Å². The third-order valence-corrected chi connectivity index (χ3v) is 5.59. The van der Waals surface area contributed by atoms with E-state index < -0.39 is 0 Å². The zero-order chi connectivity index (χ0) is 19.4. The predicted octanol–water partition coefficient (Wildman–Crippen LogP) is 4.43. The molecule has 2 N–H and O–H groups in total. The molecule has 5 nitrogen and oxygen atoms in total. The van der Waals surface area contributed by atoms with Gasteiger partial charge in [-0.3, -0.25) is 9.59 Å². The van der Waals surface area contributed by atoms with Gasteiger partial charge < -0.3 is 15.4 Å². The van der Waals surface area contributed by atoms with Gasteiger partial charge in [-0.05, 0) is 42.3 Å². The van der Waals surface area contributed by atoms with Gasteiger partial charge in [0.2, 0.25) is 5.91 Å². The van der Waals surface area contributed by atoms with Gasteiger partial charge in [-0.15, -0.1) is 11.8 Å². The minimum Gasteiger partial charge on any atom is -0.482 e. The Morgan fingerprint density at radius 2 is 2.11 bits per heavy atom. The van der Waals surface area contributed by atoms with Crippen LogP contribution in [-0.4, -0.2) is 24.2 Å². The Morgan fingerprint density at radius 1 is 1.30 bits per heavy atom. The summed E-state index contributed by atoms with van der Waals surface area (Å²) in [5, 5.41) is 6.91. The zero-order valence-corrected chi connectivity index (χ0v) is 16.9. The summed E-state index contributed by atoms with van der Waals surface area (Å²) in [6.45, 7) is 1.92. The minimum atomic E-state index is -0.193. The summed E-state index contributed by atoms with van der Waals surface area (Å²) >= 11 is 13.5. The highest BCUT2D eigenvalue weighted by atomic mass is 35.5. The number of carbonyl (C=O) groups excluding carboxylic acids is 2. The highest BCUT2D eigenvalue weighted by molar-refractivity contribution is 7.99. The van der Waals surface area contributed by atoms with E-state index in [2.05, 4.69) is 10.6 Å². The summed E-state index contributed by atoms with van der Waals surface area (Å²) < 4.78 is 5.34. The molecule has 0 aliphatic carbocycles. The zero-order valence-electron chi connectivity index (χ0n) is 14.6. The van der Waals surface area contributed by atoms with Crippen molar-refractivity contribution >= 4 is 52.5 Å². The number of halogens is 2. The molecule has 1 aliphatic heterocycles. The molecule has 0 saturated heterocycles. The van der Waals surface area contributed by atoms with Crippen LogP contribution in [0, 0.1) is 0 Å². The quantitative estimate of drug-likeness (QED) is 0.719. The predicted molar refractivity (Wildman–Crippen MR) is 110 cm³/mol. The van der Waals surface area contributed by atoms with Crippen molar-refractivity contribution in [3.63, 3.8) is 0 Å². The van der Waals surface area contributed by atoms with Crippen LogP contribution in [0.5, 0.6) is 5.75 Å². The summed E-state index contributed by atoms with van der Waals surface area (Å²) in [5.41, 5.74) is 2.45. The molecule has 1 unspecified atom stereocenters. The average Bonchev–Trinajstić information content (AvgIpc) is 2.62. The number of hydrogen-bond donors (Lipinski definition) is 2. The first-order chi connectivity index (χ1) is 12.9. The molecule has 142 valence electrons. The number of hydrogen-bond acceptors (Lipinski definition) is 4. The molecule has 1 atom stereocenters. The molecule has 0 spiro atoms. The number of amides is 2. The fourth-order valence-electron chi connectivity index (χ4n) is 2.63. The number of ether oxygens (including phenoxy) is 1. The molecule has 3 rings (SSSR count). The van der Waals surface area contributed by atoms with Gasteiger partial charge in [0, 0.05) is 15.8 Å². The van der Waals surface area contributed by atoms with Gasteiger partial charge in [-0.25, -0.2) is 0 Å². The van der Waals surface area contributed by atoms with E-state index in [-0.39, 0.29) is 24.5 Å². The van der Waals surface area contributed by atoms with Crippen molar-refractivity contribution in [3.8, 4) is 5.75 Å². The van der Waals surface area contributed by atoms with Gasteiger partial charge in [0.25, 0.3) is 5.91 Å². The van der Waals surface area contributed by atoms with Gasteiger partial charge in [0.15, 0.2) is 6.61 Å². The van der Waals surface area contributed by atoms with Crippen molar-refractivity contribution < 1.29 is 14.3 Å². The van der Waals surface area contributed by atoms with Crippen molar-refractivity contribution in [1.82, 2.24) is 5.32 Å². The number of carbonyl (C=O) groups is 2. The third-order valence-electron chi connectivity index (χ3n) is 4.02. The largest absolute Gasteiger partial charge is 0.482 e. The van der Waals surface area contributed by atoms with Crippen LogP contribution in [0.3, 0.4) is 0 Å². The highest BCUT2D eigenvalue weighted by Gasteiger charge is 2.18. The second-order valence-corrected chi connectivity index (χ2v) is 7.94. The first-order valence-electron chi connectivity index (χ1n) is 8.30. The molecule has 8 heteroatoms. The van der Waals surface area contributed by atoms with E-state index in [1.807, 2.05) is 25.1 Å². The summed E-state index contributed by atoms with van der Waals surface area (Å²) in [5.74, 6) is 1.31. The molecule has 27 heavy (non-hydrogen) atoms. The fraction of sp³-hybridized carbons (Fsp3) is 0.263. The number of rotatable bonds is 6. The smallest absolute Gasteiger partial charge is 0.262 e. The molecular weight excluding hydrogens is 407 g/mol. The van der Waals surface area contributed by atoms with Crippen LogP contribution in [0.1, 0.15) is 24.1 Å². The molecule has 0 saturated carbocycles. The number of anilines is 1. The van der Waals surface area contributed by atoms with Gasteiger partial charge in [-0.2, -0.15) is 0 Å². The Balaban J connectivity index is 1.51. The molecule has 1 heterocycles. The normalized spacial score (nSPS) is 14.0. The van der Waals surface area contributed by atoms with Crippen LogP contribution in [0.25, 0.3) is 0 Å². The molecule has 0 aromatic heterocycles. The monoisotopic (exact) mass is 424 g/mol. The molecule has 0 fully saturated rings. The Kier molecular flexibility index (Phi) is 6.52. The van der Waals surface area contributed by atoms with Crippen molar-refractivity contribution in [3.05, 3.63) is 57.6 Å². The van der Waals surface area contributed by atoms with E-state index in [0.717, 1.165) is 11.1 Å². The maximum atomic E-state index is 12.2. The van der Waals surface area contributed by atoms with E-state index >= 15 is 0 Å². The lowest BCUT2D eigenvalue weighted by Gasteiger charge is -2.21. The maximum absolute atomic E-state index is 12.2. The van der Waals surface area contributed by atoms with E-state index in [9.17, 15) is 9.59 Å². The minimum absolute atomic E-state index is 0.0213. The summed E-state index contributed by atoms with van der Waals surface area (Å²) in [6, 6.07) is 10.6. The Bertz CT molecular complexity index is 876. The topological polar surface area (TPSA) is 67.4 Å². The van der Waals surface area contributed by atoms with Gasteiger partial charge >= 0.3 is 0 Å². The SMILES string of the molecule is CC(NC(=O)CSCc1ccc(Cl)cc1Cl)c1ccc2c(c1)NC(=O)CO2. The molecule has 2 aromatic rings. The standard InChI is InChI=1S/C19H18Cl2N2O3S/c1-11(12-3-5-17-16(6-12)23-18(24)8-26-17)22-19(25)10-27-9-13-2-4-14(20)7-15(13)21/h2-7,11H,8-10H2,1H3,(H,22,25)(H,23,24). The number of fused-ring (bicyclic) bond motifs is 1. The van der Waals surface area contributed by atoms with E-state index in [1.54, 1.807) is 18.2 Å². The van der Waals surface area contributed by atoms with E-state index in [4.69, 9.17) is 27.9 Å². The summed E-state index contributed by atoms with van der Waals surface area (Å²) in [7, 11) is 0. The molecular formula is C19H18Cl2N2O3S. The van der Waals surface area contributed by atoms with Crippen LogP contribution in [0.15, 0.2) is 36.4 Å². The fourth-order valence-corrected chi connectivity index (χ4v) is 4.03. The summed E-state index contributed by atoms with van der Waals surface area (Å²) in [6.07, 6.45) is 0. The lowest BCUT2D eigenvalue weighted by molar-refractivity contribution is -0.119. The first kappa shape index (κ1) is 19.9. The van der Waals surface area contributed by atoms with Gasteiger partial charge in [-0.1, -0.05) is 35.3 Å². The Labute approximate surface area is 171 Å². The summed E-state index contributed by atoms with van der Waals surface area (Å²) in [4.78, 5) is 23.7. The third kappa shape index (κ3) is 5.31. The second kappa shape index (κ2) is 8.87. The lowest BCUT2D eigenvalue weighted by atomic mass is 10.1. The van der Waals surface area contributed by atoms with Crippen LogP contribution in [-0.2, 0) is 15.3 Å². The van der Waals surface area contributed by atoms with E-state index in [0.29, 0.717) is 33.0 Å². The molecule has 2 aromatic carbocycles. The molecule has 0 radical (unpaired) electrons. The van der Waals surface area contributed by atoms with Crippen molar-refractivity contribution in [2.45, 2.75) is 18.7 Å². The average molecular weight is 425 g/mol. The van der Waals surface area contributed by atoms with Crippen LogP contribution in [0.4, 0.5) is 5.69 Å². The number of nitrogens with one attached hydrogen (secondary N) is 2. The lowest BCUT2D eigenvalue weighted by Crippen LogP contribution is -2.29. The maximum Gasteiger partial charge on any atom is 0.262 e. The van der Waals surface area contributed by atoms with E-state index in [1.165, 1.54) is 11.8 Å². The Hall–Kier alpha value is -1.89. The Morgan fingerprint density at radius 3 is 2.89 bits per heavy atom. The van der Waals surface area contributed by atoms with Crippen LogP contribution in [0.2, 0.25) is 10.0 Å². The first-order valence-corrected chi connectivity index (χ1v) is 10.2. The number of benzene rings is 2. The second-order valence-electron chi connectivity index (χ2n) is 6.11. The van der Waals surface area contributed by atoms with Crippen LogP contribution < -0.4 is 15.4 Å². The van der Waals surface area contributed by atoms with Crippen molar-refractivity contribution in [1.29, 1.82) is 0 Å². The molecule has 2 amide bonds.